The lowest BCUT2D eigenvalue weighted by Gasteiger charge is -2.26. The van der Waals surface area contributed by atoms with Crippen molar-refractivity contribution in [1.29, 1.82) is 0 Å². The molecule has 0 saturated carbocycles. The molecule has 0 bridgehead atoms. The van der Waals surface area contributed by atoms with Crippen LogP contribution >= 0.6 is 0 Å². The van der Waals surface area contributed by atoms with Gasteiger partial charge in [-0.2, -0.15) is 0 Å². The second kappa shape index (κ2) is 9.64. The number of likely N-dealkylation sites (N-methyl/N-ethyl adjacent to an activating group) is 1. The van der Waals surface area contributed by atoms with Gasteiger partial charge in [0.2, 0.25) is 5.91 Å². The minimum absolute atomic E-state index is 0.00431. The van der Waals surface area contributed by atoms with E-state index >= 15 is 0 Å². The van der Waals surface area contributed by atoms with Crippen molar-refractivity contribution in [3.8, 4) is 11.1 Å². The van der Waals surface area contributed by atoms with Crippen LogP contribution in [0.5, 0.6) is 0 Å². The van der Waals surface area contributed by atoms with Crippen LogP contribution in [0.2, 0.25) is 0 Å². The van der Waals surface area contributed by atoms with Crippen LogP contribution in [0.25, 0.3) is 11.1 Å². The predicted molar refractivity (Wildman–Crippen MR) is 117 cm³/mol. The zero-order valence-corrected chi connectivity index (χ0v) is 18.0. The quantitative estimate of drug-likeness (QED) is 0.675. The third-order valence-electron chi connectivity index (χ3n) is 5.67. The fourth-order valence-corrected chi connectivity index (χ4v) is 4.07. The van der Waals surface area contributed by atoms with E-state index < -0.39 is 24.1 Å². The lowest BCUT2D eigenvalue weighted by atomic mass is 9.98. The van der Waals surface area contributed by atoms with E-state index in [1.54, 1.807) is 13.8 Å². The molecule has 0 aromatic heterocycles. The fraction of sp³-hybridized carbons (Fsp3) is 0.375. The highest BCUT2D eigenvalue weighted by molar-refractivity contribution is 5.84. The van der Waals surface area contributed by atoms with Gasteiger partial charge in [-0.1, -0.05) is 48.5 Å². The standard InChI is InChI=1S/C24H28N2O5/c1-4-26(16(3)23(28)29)22(27)13-15(2)25-24(30)31-14-21-19-11-7-5-9-17(19)18-10-6-8-12-20(18)21/h5-12,15-16,21H,4,13-14H2,1-3H3,(H,25,30)(H,28,29)/t15-,16?/m1/s1. The summed E-state index contributed by atoms with van der Waals surface area (Å²) in [6, 6.07) is 14.8. The summed E-state index contributed by atoms with van der Waals surface area (Å²) in [7, 11) is 0. The summed E-state index contributed by atoms with van der Waals surface area (Å²) in [5.41, 5.74) is 4.55. The molecule has 1 aliphatic rings. The molecule has 0 radical (unpaired) electrons. The molecule has 7 heteroatoms. The van der Waals surface area contributed by atoms with Crippen molar-refractivity contribution in [1.82, 2.24) is 10.2 Å². The minimum Gasteiger partial charge on any atom is -0.480 e. The van der Waals surface area contributed by atoms with Crippen LogP contribution in [-0.2, 0) is 14.3 Å². The molecule has 3 rings (SSSR count). The van der Waals surface area contributed by atoms with Gasteiger partial charge in [-0.05, 0) is 43.0 Å². The number of nitrogens with one attached hydrogen (secondary N) is 1. The first-order valence-electron chi connectivity index (χ1n) is 10.5. The molecule has 7 nitrogen and oxygen atoms in total. The molecule has 0 aliphatic heterocycles. The van der Waals surface area contributed by atoms with Gasteiger partial charge in [0.25, 0.3) is 0 Å². The summed E-state index contributed by atoms with van der Waals surface area (Å²) in [6.45, 7) is 5.36. The maximum atomic E-state index is 12.4. The number of benzene rings is 2. The van der Waals surface area contributed by atoms with Gasteiger partial charge in [0.1, 0.15) is 12.6 Å². The number of aliphatic carboxylic acids is 1. The van der Waals surface area contributed by atoms with Gasteiger partial charge < -0.3 is 20.1 Å². The largest absolute Gasteiger partial charge is 0.480 e. The zero-order valence-electron chi connectivity index (χ0n) is 18.0. The van der Waals surface area contributed by atoms with Crippen molar-refractivity contribution in [2.45, 2.75) is 45.2 Å². The molecule has 1 aliphatic carbocycles. The summed E-state index contributed by atoms with van der Waals surface area (Å²) in [6.07, 6.45) is -0.605. The van der Waals surface area contributed by atoms with Crippen LogP contribution in [0.1, 0.15) is 44.2 Å². The molecule has 31 heavy (non-hydrogen) atoms. The second-order valence-corrected chi connectivity index (χ2v) is 7.77. The Bertz CT molecular complexity index is 928. The molecule has 0 fully saturated rings. The van der Waals surface area contributed by atoms with Crippen LogP contribution in [-0.4, -0.2) is 53.2 Å². The molecule has 0 spiro atoms. The number of amides is 2. The predicted octanol–water partition coefficient (Wildman–Crippen LogP) is 3.63. The summed E-state index contributed by atoms with van der Waals surface area (Å²) < 4.78 is 5.50. The fourth-order valence-electron chi connectivity index (χ4n) is 4.07. The number of hydrogen-bond acceptors (Lipinski definition) is 4. The zero-order chi connectivity index (χ0) is 22.5. The average molecular weight is 424 g/mol. The molecule has 0 saturated heterocycles. The van der Waals surface area contributed by atoms with Crippen LogP contribution in [0, 0.1) is 0 Å². The topological polar surface area (TPSA) is 95.9 Å². The highest BCUT2D eigenvalue weighted by Gasteiger charge is 2.29. The number of hydrogen-bond donors (Lipinski definition) is 2. The molecule has 2 aromatic rings. The molecule has 2 N–H and O–H groups in total. The first-order chi connectivity index (χ1) is 14.8. The molecule has 0 heterocycles. The molecule has 2 amide bonds. The highest BCUT2D eigenvalue weighted by Crippen LogP contribution is 2.44. The van der Waals surface area contributed by atoms with Gasteiger partial charge in [0.05, 0.1) is 0 Å². The van der Waals surface area contributed by atoms with Crippen molar-refractivity contribution >= 4 is 18.0 Å². The Hall–Kier alpha value is -3.35. The molecular weight excluding hydrogens is 396 g/mol. The van der Waals surface area contributed by atoms with Gasteiger partial charge in [0.15, 0.2) is 0 Å². The number of carboxylic acid groups (broad SMARTS) is 1. The SMILES string of the molecule is CCN(C(=O)C[C@@H](C)NC(=O)OCC1c2ccccc2-c2ccccc21)C(C)C(=O)O. The van der Waals surface area contributed by atoms with Crippen LogP contribution in [0.15, 0.2) is 48.5 Å². The average Bonchev–Trinajstić information content (AvgIpc) is 3.06. The van der Waals surface area contributed by atoms with E-state index in [0.717, 1.165) is 22.3 Å². The van der Waals surface area contributed by atoms with Crippen LogP contribution in [0.3, 0.4) is 0 Å². The smallest absolute Gasteiger partial charge is 0.407 e. The molecule has 2 atom stereocenters. The number of fused-ring (bicyclic) bond motifs is 3. The monoisotopic (exact) mass is 424 g/mol. The molecule has 1 unspecified atom stereocenters. The molecule has 164 valence electrons. The summed E-state index contributed by atoms with van der Waals surface area (Å²) in [4.78, 5) is 37.2. The minimum atomic E-state index is -1.06. The van der Waals surface area contributed by atoms with Crippen LogP contribution < -0.4 is 5.32 Å². The Labute approximate surface area is 182 Å². The third kappa shape index (κ3) is 4.87. The maximum absolute atomic E-state index is 12.4. The van der Waals surface area contributed by atoms with Crippen molar-refractivity contribution in [2.75, 3.05) is 13.2 Å². The van der Waals surface area contributed by atoms with Gasteiger partial charge in [0, 0.05) is 24.9 Å². The maximum Gasteiger partial charge on any atom is 0.407 e. The van der Waals surface area contributed by atoms with Crippen molar-refractivity contribution in [3.05, 3.63) is 59.7 Å². The first-order valence-corrected chi connectivity index (χ1v) is 10.5. The van der Waals surface area contributed by atoms with E-state index in [-0.39, 0.29) is 31.4 Å². The van der Waals surface area contributed by atoms with E-state index in [9.17, 15) is 14.4 Å². The Morgan fingerprint density at radius 2 is 1.58 bits per heavy atom. The molecule has 2 aromatic carbocycles. The van der Waals surface area contributed by atoms with Gasteiger partial charge in [-0.15, -0.1) is 0 Å². The normalized spacial score (nSPS) is 14.2. The lowest BCUT2D eigenvalue weighted by molar-refractivity contribution is -0.149. The van der Waals surface area contributed by atoms with Crippen molar-refractivity contribution in [3.63, 3.8) is 0 Å². The Morgan fingerprint density at radius 1 is 1.03 bits per heavy atom. The summed E-state index contributed by atoms with van der Waals surface area (Å²) in [5, 5.41) is 11.8. The number of carbonyl (C=O) groups is 3. The highest BCUT2D eigenvalue weighted by atomic mass is 16.5. The number of alkyl carbamates (subject to hydrolysis) is 1. The lowest BCUT2D eigenvalue weighted by Crippen LogP contribution is -2.46. The van der Waals surface area contributed by atoms with Gasteiger partial charge in [-0.25, -0.2) is 9.59 Å². The number of nitrogens with zero attached hydrogens (tertiary/aromatic N) is 1. The molecular formula is C24H28N2O5. The van der Waals surface area contributed by atoms with E-state index in [1.165, 1.54) is 11.8 Å². The summed E-state index contributed by atoms with van der Waals surface area (Å²) in [5.74, 6) is -1.43. The van der Waals surface area contributed by atoms with Crippen molar-refractivity contribution in [2.24, 2.45) is 0 Å². The number of carbonyl (C=O) groups excluding carboxylic acids is 2. The number of carboxylic acids is 1. The Kier molecular flexibility index (Phi) is 6.95. The van der Waals surface area contributed by atoms with Crippen LogP contribution in [0.4, 0.5) is 4.79 Å². The second-order valence-electron chi connectivity index (χ2n) is 7.77. The first kappa shape index (κ1) is 22.3. The number of rotatable bonds is 8. The Balaban J connectivity index is 1.57. The van der Waals surface area contributed by atoms with Crippen molar-refractivity contribution < 1.29 is 24.2 Å². The van der Waals surface area contributed by atoms with E-state index in [4.69, 9.17) is 9.84 Å². The van der Waals surface area contributed by atoms with Gasteiger partial charge >= 0.3 is 12.1 Å². The van der Waals surface area contributed by atoms with E-state index in [2.05, 4.69) is 17.4 Å². The van der Waals surface area contributed by atoms with Gasteiger partial charge in [-0.3, -0.25) is 4.79 Å². The number of ether oxygens (including phenoxy) is 1. The third-order valence-corrected chi connectivity index (χ3v) is 5.67. The summed E-state index contributed by atoms with van der Waals surface area (Å²) >= 11 is 0. The Morgan fingerprint density at radius 3 is 2.10 bits per heavy atom. The van der Waals surface area contributed by atoms with E-state index in [1.807, 2.05) is 36.4 Å². The van der Waals surface area contributed by atoms with E-state index in [0.29, 0.717) is 0 Å².